The van der Waals surface area contributed by atoms with Crippen LogP contribution in [0.3, 0.4) is 0 Å². The highest BCUT2D eigenvalue weighted by atomic mass is 35.5. The zero-order chi connectivity index (χ0) is 23.8. The van der Waals surface area contributed by atoms with E-state index in [2.05, 4.69) is 20.5 Å². The number of fused-ring (bicyclic) bond motifs is 4. The lowest BCUT2D eigenvalue weighted by atomic mass is 9.99. The summed E-state index contributed by atoms with van der Waals surface area (Å²) in [5.41, 5.74) is 2.12. The maximum Gasteiger partial charge on any atom is 0.322 e. The number of anilines is 1. The lowest BCUT2D eigenvalue weighted by molar-refractivity contribution is 0.177. The van der Waals surface area contributed by atoms with Gasteiger partial charge in [-0.2, -0.15) is 5.10 Å². The summed E-state index contributed by atoms with van der Waals surface area (Å²) in [6.07, 6.45) is 3.45. The van der Waals surface area contributed by atoms with Crippen LogP contribution >= 0.6 is 11.6 Å². The van der Waals surface area contributed by atoms with Crippen molar-refractivity contribution in [1.82, 2.24) is 20.1 Å². The molecule has 34 heavy (non-hydrogen) atoms. The van der Waals surface area contributed by atoms with Crippen molar-refractivity contribution >= 4 is 23.3 Å². The van der Waals surface area contributed by atoms with Gasteiger partial charge in [0.05, 0.1) is 22.4 Å². The lowest BCUT2D eigenvalue weighted by Crippen LogP contribution is -2.45. The van der Waals surface area contributed by atoms with Crippen molar-refractivity contribution in [3.8, 4) is 17.0 Å². The van der Waals surface area contributed by atoms with Gasteiger partial charge in [-0.15, -0.1) is 0 Å². The molecule has 1 aromatic carbocycles. The Kier molecular flexibility index (Phi) is 5.91. The van der Waals surface area contributed by atoms with E-state index in [1.807, 2.05) is 0 Å². The summed E-state index contributed by atoms with van der Waals surface area (Å²) in [5.74, 6) is -0.407. The van der Waals surface area contributed by atoms with E-state index in [0.29, 0.717) is 29.7 Å². The van der Waals surface area contributed by atoms with Crippen LogP contribution in [-0.2, 0) is 6.42 Å². The van der Waals surface area contributed by atoms with Gasteiger partial charge in [-0.25, -0.2) is 23.7 Å². The fraction of sp³-hybridized carbons (Fsp3) is 0.304. The van der Waals surface area contributed by atoms with Crippen molar-refractivity contribution in [2.24, 2.45) is 0 Å². The Morgan fingerprint density at radius 1 is 1.29 bits per heavy atom. The molecule has 8 nitrogen and oxygen atoms in total. The SMILES string of the molecule is O=C(Nc1cc(Cl)c(-c2ccc(OCCF)nc2)cc1F)N1C2CCC1c1n[nH]c(=O)cc1C2. The minimum atomic E-state index is -0.655. The van der Waals surface area contributed by atoms with Gasteiger partial charge in [-0.1, -0.05) is 11.6 Å². The Morgan fingerprint density at radius 2 is 2.15 bits per heavy atom. The Morgan fingerprint density at radius 3 is 2.91 bits per heavy atom. The third-order valence-electron chi connectivity index (χ3n) is 6.10. The highest BCUT2D eigenvalue weighted by Gasteiger charge is 2.44. The first-order valence-electron chi connectivity index (χ1n) is 10.8. The molecule has 2 unspecified atom stereocenters. The molecule has 2 atom stereocenters. The van der Waals surface area contributed by atoms with Crippen LogP contribution in [0.2, 0.25) is 5.02 Å². The number of nitrogens with zero attached hydrogens (tertiary/aromatic N) is 3. The number of amides is 2. The number of urea groups is 1. The van der Waals surface area contributed by atoms with Gasteiger partial charge in [0.15, 0.2) is 0 Å². The van der Waals surface area contributed by atoms with E-state index in [9.17, 15) is 18.4 Å². The van der Waals surface area contributed by atoms with Crippen molar-refractivity contribution in [1.29, 1.82) is 0 Å². The van der Waals surface area contributed by atoms with Crippen LogP contribution in [0.5, 0.6) is 5.88 Å². The summed E-state index contributed by atoms with van der Waals surface area (Å²) in [5, 5.41) is 9.44. The van der Waals surface area contributed by atoms with Crippen LogP contribution < -0.4 is 15.6 Å². The predicted octanol–water partition coefficient (Wildman–Crippen LogP) is 4.27. The minimum absolute atomic E-state index is 0.0470. The molecule has 1 saturated heterocycles. The van der Waals surface area contributed by atoms with Gasteiger partial charge < -0.3 is 15.0 Å². The molecular weight excluding hydrogens is 468 g/mol. The second-order valence-corrected chi connectivity index (χ2v) is 8.57. The normalized spacial score (nSPS) is 18.5. The standard InChI is InChI=1S/C23H20ClF2N5O3/c24-16-10-18(17(26)9-15(16)12-1-4-21(27-11-12)34-6-5-25)28-23(33)31-14-2-3-19(31)22-13(7-14)8-20(32)29-30-22/h1,4,8-11,14,19H,2-3,5-7H2,(H,28,33)(H,29,32). The number of pyridine rings is 1. The predicted molar refractivity (Wildman–Crippen MR) is 121 cm³/mol. The molecule has 0 aliphatic carbocycles. The fourth-order valence-electron chi connectivity index (χ4n) is 4.63. The maximum absolute atomic E-state index is 15.0. The average Bonchev–Trinajstić information content (AvgIpc) is 3.15. The van der Waals surface area contributed by atoms with Gasteiger partial charge in [0.1, 0.15) is 19.1 Å². The minimum Gasteiger partial charge on any atom is -0.475 e. The van der Waals surface area contributed by atoms with Gasteiger partial charge in [0, 0.05) is 35.5 Å². The van der Waals surface area contributed by atoms with Gasteiger partial charge in [0.2, 0.25) is 5.88 Å². The summed E-state index contributed by atoms with van der Waals surface area (Å²) >= 11 is 6.40. The number of aromatic amines is 1. The molecule has 0 spiro atoms. The van der Waals surface area contributed by atoms with Crippen LogP contribution in [0.25, 0.3) is 11.1 Å². The number of halogens is 3. The van der Waals surface area contributed by atoms with E-state index in [1.54, 1.807) is 17.0 Å². The smallest absolute Gasteiger partial charge is 0.322 e. The number of hydrogen-bond donors (Lipinski definition) is 2. The number of H-pyrrole nitrogens is 1. The van der Waals surface area contributed by atoms with Crippen molar-refractivity contribution in [2.75, 3.05) is 18.6 Å². The number of rotatable bonds is 5. The topological polar surface area (TPSA) is 100 Å². The van der Waals surface area contributed by atoms with E-state index < -0.39 is 18.5 Å². The summed E-state index contributed by atoms with van der Waals surface area (Å²) < 4.78 is 32.3. The molecule has 2 aliphatic heterocycles. The molecule has 176 valence electrons. The number of carbonyl (C=O) groups excluding carboxylic acids is 1. The first kappa shape index (κ1) is 22.3. The first-order valence-corrected chi connectivity index (χ1v) is 11.1. The molecule has 1 fully saturated rings. The molecule has 4 heterocycles. The molecule has 5 rings (SSSR count). The number of carbonyl (C=O) groups is 1. The number of aromatic nitrogens is 3. The van der Waals surface area contributed by atoms with Crippen LogP contribution in [0, 0.1) is 5.82 Å². The zero-order valence-corrected chi connectivity index (χ0v) is 18.6. The van der Waals surface area contributed by atoms with Crippen molar-refractivity contribution in [3.63, 3.8) is 0 Å². The quantitative estimate of drug-likeness (QED) is 0.560. The zero-order valence-electron chi connectivity index (χ0n) is 17.9. The van der Waals surface area contributed by atoms with Gasteiger partial charge in [0.25, 0.3) is 5.56 Å². The number of benzene rings is 1. The third kappa shape index (κ3) is 4.09. The monoisotopic (exact) mass is 487 g/mol. The van der Waals surface area contributed by atoms with Crippen LogP contribution in [0.15, 0.2) is 41.3 Å². The molecule has 2 N–H and O–H groups in total. The summed E-state index contributed by atoms with van der Waals surface area (Å²) in [6.45, 7) is -0.733. The molecule has 0 saturated carbocycles. The van der Waals surface area contributed by atoms with Crippen LogP contribution in [0.1, 0.15) is 30.1 Å². The Hall–Kier alpha value is -3.53. The third-order valence-corrected chi connectivity index (χ3v) is 6.41. The van der Waals surface area contributed by atoms with E-state index in [0.717, 1.165) is 12.0 Å². The molecule has 0 radical (unpaired) electrons. The fourth-order valence-corrected chi connectivity index (χ4v) is 4.90. The second-order valence-electron chi connectivity index (χ2n) is 8.17. The molecular formula is C23H20ClF2N5O3. The van der Waals surface area contributed by atoms with Crippen molar-refractivity contribution in [2.45, 2.75) is 31.3 Å². The number of alkyl halides is 1. The van der Waals surface area contributed by atoms with Crippen molar-refractivity contribution < 1.29 is 18.3 Å². The number of hydrogen-bond acceptors (Lipinski definition) is 5. The van der Waals surface area contributed by atoms with Crippen molar-refractivity contribution in [3.05, 3.63) is 69.0 Å². The molecule has 2 amide bonds. The maximum atomic E-state index is 15.0. The second kappa shape index (κ2) is 9.02. The Balaban J connectivity index is 1.35. The van der Waals surface area contributed by atoms with E-state index in [4.69, 9.17) is 16.3 Å². The van der Waals surface area contributed by atoms with E-state index in [1.165, 1.54) is 24.4 Å². The van der Waals surface area contributed by atoms with Crippen LogP contribution in [-0.4, -0.2) is 45.4 Å². The molecule has 2 bridgehead atoms. The highest BCUT2D eigenvalue weighted by molar-refractivity contribution is 6.33. The van der Waals surface area contributed by atoms with Crippen LogP contribution in [0.4, 0.5) is 19.3 Å². The van der Waals surface area contributed by atoms with E-state index >= 15 is 0 Å². The summed E-state index contributed by atoms with van der Waals surface area (Å²) in [7, 11) is 0. The lowest BCUT2D eigenvalue weighted by Gasteiger charge is -2.35. The van der Waals surface area contributed by atoms with E-state index in [-0.39, 0.29) is 40.8 Å². The number of ether oxygens (including phenoxy) is 1. The summed E-state index contributed by atoms with van der Waals surface area (Å²) in [6, 6.07) is 6.45. The Bertz CT molecular complexity index is 1300. The molecule has 11 heteroatoms. The van der Waals surface area contributed by atoms with Gasteiger partial charge in [-0.05, 0) is 43.0 Å². The number of nitrogens with one attached hydrogen (secondary N) is 2. The largest absolute Gasteiger partial charge is 0.475 e. The van der Waals surface area contributed by atoms with Gasteiger partial charge in [-0.3, -0.25) is 4.79 Å². The molecule has 3 aromatic rings. The first-order chi connectivity index (χ1) is 16.4. The molecule has 2 aromatic heterocycles. The average molecular weight is 488 g/mol. The Labute approximate surface area is 197 Å². The van der Waals surface area contributed by atoms with Gasteiger partial charge >= 0.3 is 6.03 Å². The molecule has 2 aliphatic rings. The summed E-state index contributed by atoms with van der Waals surface area (Å²) in [4.78, 5) is 30.4. The highest BCUT2D eigenvalue weighted by Crippen LogP contribution is 2.42.